The van der Waals surface area contributed by atoms with Crippen molar-refractivity contribution in [2.45, 2.75) is 32.7 Å². The normalized spacial score (nSPS) is 11.9. The van der Waals surface area contributed by atoms with Gasteiger partial charge in [0.1, 0.15) is 17.0 Å². The first kappa shape index (κ1) is 22.9. The van der Waals surface area contributed by atoms with E-state index in [0.29, 0.717) is 11.3 Å². The largest absolute Gasteiger partial charge is 0.478 e. The van der Waals surface area contributed by atoms with E-state index in [2.05, 4.69) is 10.4 Å². The number of ether oxygens (including phenoxy) is 1. The van der Waals surface area contributed by atoms with Gasteiger partial charge in [-0.15, -0.1) is 0 Å². The summed E-state index contributed by atoms with van der Waals surface area (Å²) >= 11 is 0. The molecule has 0 fully saturated rings. The number of hydrogen-bond acceptors (Lipinski definition) is 4. The second kappa shape index (κ2) is 9.59. The average Bonchev–Trinajstić information content (AvgIpc) is 3.10. The molecule has 1 unspecified atom stereocenters. The number of benzene rings is 2. The SMILES string of the molecule is CCc1ccc(Oc2c(C(=O)NC(C)c3ccc(C(=O)O)cc3)c(C(F)F)nn2C)cc1. The van der Waals surface area contributed by atoms with Gasteiger partial charge in [-0.05, 0) is 48.7 Å². The smallest absolute Gasteiger partial charge is 0.335 e. The number of carbonyl (C=O) groups is 2. The first-order valence-electron chi connectivity index (χ1n) is 9.97. The van der Waals surface area contributed by atoms with Crippen LogP contribution >= 0.6 is 0 Å². The molecule has 7 nitrogen and oxygen atoms in total. The Balaban J connectivity index is 1.88. The predicted molar refractivity (Wildman–Crippen MR) is 113 cm³/mol. The van der Waals surface area contributed by atoms with Crippen LogP contribution in [0.3, 0.4) is 0 Å². The van der Waals surface area contributed by atoms with E-state index in [-0.39, 0.29) is 17.0 Å². The molecule has 1 atom stereocenters. The predicted octanol–water partition coefficient (Wildman–Crippen LogP) is 4.90. The van der Waals surface area contributed by atoms with E-state index in [1.807, 2.05) is 19.1 Å². The van der Waals surface area contributed by atoms with E-state index in [4.69, 9.17) is 9.84 Å². The second-order valence-corrected chi connectivity index (χ2v) is 7.21. The molecule has 1 heterocycles. The molecule has 0 radical (unpaired) electrons. The van der Waals surface area contributed by atoms with E-state index in [1.54, 1.807) is 31.2 Å². The highest BCUT2D eigenvalue weighted by Crippen LogP contribution is 2.33. The molecule has 0 aliphatic carbocycles. The van der Waals surface area contributed by atoms with Crippen molar-refractivity contribution < 1.29 is 28.2 Å². The topological polar surface area (TPSA) is 93.4 Å². The molecule has 32 heavy (non-hydrogen) atoms. The summed E-state index contributed by atoms with van der Waals surface area (Å²) in [6.07, 6.45) is -2.15. The van der Waals surface area contributed by atoms with Crippen LogP contribution in [-0.2, 0) is 13.5 Å². The van der Waals surface area contributed by atoms with Crippen molar-refractivity contribution in [2.24, 2.45) is 7.05 Å². The molecule has 0 bridgehead atoms. The van der Waals surface area contributed by atoms with Crippen molar-refractivity contribution in [3.8, 4) is 11.6 Å². The van der Waals surface area contributed by atoms with E-state index in [0.717, 1.165) is 16.7 Å². The number of carboxylic acid groups (broad SMARTS) is 1. The maximum absolute atomic E-state index is 13.6. The molecule has 3 rings (SSSR count). The van der Waals surface area contributed by atoms with Crippen molar-refractivity contribution in [1.82, 2.24) is 15.1 Å². The third kappa shape index (κ3) is 4.93. The van der Waals surface area contributed by atoms with Crippen LogP contribution in [0.15, 0.2) is 48.5 Å². The van der Waals surface area contributed by atoms with Gasteiger partial charge in [-0.1, -0.05) is 31.2 Å². The molecule has 3 aromatic rings. The number of alkyl halides is 2. The molecular weight excluding hydrogens is 420 g/mol. The van der Waals surface area contributed by atoms with Gasteiger partial charge in [0.05, 0.1) is 11.6 Å². The number of aromatic nitrogens is 2. The number of rotatable bonds is 8. The molecule has 0 aliphatic heterocycles. The number of hydrogen-bond donors (Lipinski definition) is 2. The number of nitrogens with one attached hydrogen (secondary N) is 1. The number of amides is 1. The Labute approximate surface area is 183 Å². The maximum atomic E-state index is 13.6. The number of carboxylic acids is 1. The van der Waals surface area contributed by atoms with Crippen molar-refractivity contribution in [3.63, 3.8) is 0 Å². The lowest BCUT2D eigenvalue weighted by Crippen LogP contribution is -2.27. The lowest BCUT2D eigenvalue weighted by molar-refractivity contribution is 0.0696. The molecular formula is C23H23F2N3O4. The summed E-state index contributed by atoms with van der Waals surface area (Å²) in [6, 6.07) is 12.4. The maximum Gasteiger partial charge on any atom is 0.335 e. The number of carbonyl (C=O) groups excluding carboxylic acids is 1. The summed E-state index contributed by atoms with van der Waals surface area (Å²) in [5.74, 6) is -1.56. The van der Waals surface area contributed by atoms with Crippen LogP contribution in [-0.4, -0.2) is 26.8 Å². The number of aromatic carboxylic acids is 1. The summed E-state index contributed by atoms with van der Waals surface area (Å²) in [4.78, 5) is 24.0. The summed E-state index contributed by atoms with van der Waals surface area (Å²) in [5, 5.41) is 15.5. The molecule has 0 saturated heterocycles. The average molecular weight is 443 g/mol. The van der Waals surface area contributed by atoms with Gasteiger partial charge >= 0.3 is 5.97 Å². The molecule has 0 saturated carbocycles. The Hall–Kier alpha value is -3.75. The van der Waals surface area contributed by atoms with Gasteiger partial charge in [0.15, 0.2) is 0 Å². The zero-order valence-electron chi connectivity index (χ0n) is 17.8. The minimum absolute atomic E-state index is 0.101. The van der Waals surface area contributed by atoms with Crippen LogP contribution in [0, 0.1) is 0 Å². The van der Waals surface area contributed by atoms with Crippen molar-refractivity contribution in [3.05, 3.63) is 76.5 Å². The molecule has 9 heteroatoms. The summed E-state index contributed by atoms with van der Waals surface area (Å²) in [7, 11) is 1.42. The molecule has 168 valence electrons. The van der Waals surface area contributed by atoms with Gasteiger partial charge in [0.2, 0.25) is 5.88 Å². The zero-order chi connectivity index (χ0) is 23.4. The highest BCUT2D eigenvalue weighted by Gasteiger charge is 2.30. The van der Waals surface area contributed by atoms with Gasteiger partial charge < -0.3 is 15.2 Å². The molecule has 0 spiro atoms. The molecule has 1 aromatic heterocycles. The van der Waals surface area contributed by atoms with Crippen molar-refractivity contribution in [2.75, 3.05) is 0 Å². The molecule has 2 N–H and O–H groups in total. The van der Waals surface area contributed by atoms with Crippen LogP contribution in [0.4, 0.5) is 8.78 Å². The Morgan fingerprint density at radius 3 is 2.28 bits per heavy atom. The van der Waals surface area contributed by atoms with E-state index in [9.17, 15) is 18.4 Å². The van der Waals surface area contributed by atoms with Gasteiger partial charge in [-0.25, -0.2) is 18.3 Å². The van der Waals surface area contributed by atoms with Gasteiger partial charge in [0, 0.05) is 7.05 Å². The Morgan fingerprint density at radius 1 is 1.12 bits per heavy atom. The highest BCUT2D eigenvalue weighted by molar-refractivity contribution is 5.98. The fourth-order valence-corrected chi connectivity index (χ4v) is 3.18. The molecule has 2 aromatic carbocycles. The van der Waals surface area contributed by atoms with E-state index in [1.165, 1.54) is 19.2 Å². The van der Waals surface area contributed by atoms with Crippen LogP contribution < -0.4 is 10.1 Å². The third-order valence-electron chi connectivity index (χ3n) is 5.01. The van der Waals surface area contributed by atoms with Crippen LogP contribution in [0.1, 0.15) is 63.9 Å². The van der Waals surface area contributed by atoms with E-state index < -0.39 is 30.0 Å². The quantitative estimate of drug-likeness (QED) is 0.516. The molecule has 1 amide bonds. The Kier molecular flexibility index (Phi) is 6.87. The van der Waals surface area contributed by atoms with E-state index >= 15 is 0 Å². The fourth-order valence-electron chi connectivity index (χ4n) is 3.18. The van der Waals surface area contributed by atoms with Gasteiger partial charge in [-0.3, -0.25) is 4.79 Å². The van der Waals surface area contributed by atoms with Crippen LogP contribution in [0.25, 0.3) is 0 Å². The monoisotopic (exact) mass is 443 g/mol. The lowest BCUT2D eigenvalue weighted by Gasteiger charge is -2.16. The lowest BCUT2D eigenvalue weighted by atomic mass is 10.1. The fraction of sp³-hybridized carbons (Fsp3) is 0.261. The zero-order valence-corrected chi connectivity index (χ0v) is 17.8. The Bertz CT molecular complexity index is 1110. The highest BCUT2D eigenvalue weighted by atomic mass is 19.3. The number of halogens is 2. The number of aryl methyl sites for hydroxylation is 2. The minimum atomic E-state index is -2.98. The summed E-state index contributed by atoms with van der Waals surface area (Å²) < 4.78 is 34.1. The first-order valence-corrected chi connectivity index (χ1v) is 9.97. The van der Waals surface area contributed by atoms with Crippen molar-refractivity contribution in [1.29, 1.82) is 0 Å². The van der Waals surface area contributed by atoms with Crippen LogP contribution in [0.2, 0.25) is 0 Å². The van der Waals surface area contributed by atoms with Crippen LogP contribution in [0.5, 0.6) is 11.6 Å². The second-order valence-electron chi connectivity index (χ2n) is 7.21. The van der Waals surface area contributed by atoms with Crippen molar-refractivity contribution >= 4 is 11.9 Å². The minimum Gasteiger partial charge on any atom is -0.478 e. The summed E-state index contributed by atoms with van der Waals surface area (Å²) in [6.45, 7) is 3.67. The third-order valence-corrected chi connectivity index (χ3v) is 5.01. The first-order chi connectivity index (χ1) is 15.2. The standard InChI is InChI=1S/C23H23F2N3O4/c1-4-14-5-11-17(12-6-14)32-22-18(19(20(24)25)27-28(22)3)21(29)26-13(2)15-7-9-16(10-8-15)23(30)31/h5-13,20H,4H2,1-3H3,(H,26,29)(H,30,31). The number of nitrogens with zero attached hydrogens (tertiary/aromatic N) is 2. The molecule has 0 aliphatic rings. The summed E-state index contributed by atoms with van der Waals surface area (Å²) in [5.41, 5.74) is 0.763. The van der Waals surface area contributed by atoms with Gasteiger partial charge in [0.25, 0.3) is 12.3 Å². The van der Waals surface area contributed by atoms with Gasteiger partial charge in [-0.2, -0.15) is 5.10 Å². The Morgan fingerprint density at radius 2 is 1.75 bits per heavy atom.